The third kappa shape index (κ3) is 4.76. The van der Waals surface area contributed by atoms with Crippen molar-refractivity contribution in [1.82, 2.24) is 10.6 Å². The number of nitrogens with one attached hydrogen (secondary N) is 2. The molecular weight excluding hydrogens is 328 g/mol. The summed E-state index contributed by atoms with van der Waals surface area (Å²) in [6, 6.07) is 15.0. The molecule has 2 aromatic rings. The zero-order valence-corrected chi connectivity index (χ0v) is 14.8. The molecule has 0 saturated heterocycles. The Kier molecular flexibility index (Phi) is 6.12. The summed E-state index contributed by atoms with van der Waals surface area (Å²) in [5, 5.41) is 25.8. The maximum Gasteiger partial charge on any atom is 0.315 e. The van der Waals surface area contributed by atoms with E-state index in [4.69, 9.17) is 0 Å². The van der Waals surface area contributed by atoms with Crippen molar-refractivity contribution in [2.45, 2.75) is 44.2 Å². The average Bonchev–Trinajstić information content (AvgIpc) is 2.66. The van der Waals surface area contributed by atoms with Gasteiger partial charge < -0.3 is 20.8 Å². The number of phenolic OH excluding ortho intramolecular Hbond substituents is 1. The largest absolute Gasteiger partial charge is 0.508 e. The molecule has 0 spiro atoms. The summed E-state index contributed by atoms with van der Waals surface area (Å²) in [6.45, 7) is 0.221. The van der Waals surface area contributed by atoms with Gasteiger partial charge in [-0.15, -0.1) is 0 Å². The zero-order chi connectivity index (χ0) is 18.4. The lowest BCUT2D eigenvalue weighted by Crippen LogP contribution is -2.42. The second kappa shape index (κ2) is 8.72. The minimum absolute atomic E-state index is 0.104. The topological polar surface area (TPSA) is 81.6 Å². The van der Waals surface area contributed by atoms with Crippen molar-refractivity contribution in [1.29, 1.82) is 0 Å². The number of rotatable bonds is 6. The molecule has 0 aromatic heterocycles. The van der Waals surface area contributed by atoms with Crippen molar-refractivity contribution in [2.24, 2.45) is 0 Å². The number of carbonyl (C=O) groups is 1. The van der Waals surface area contributed by atoms with Crippen LogP contribution in [0.15, 0.2) is 48.5 Å². The van der Waals surface area contributed by atoms with Crippen LogP contribution in [-0.4, -0.2) is 28.9 Å². The highest BCUT2D eigenvalue weighted by molar-refractivity contribution is 5.74. The minimum Gasteiger partial charge on any atom is -0.508 e. The van der Waals surface area contributed by atoms with E-state index in [-0.39, 0.29) is 18.6 Å². The van der Waals surface area contributed by atoms with Gasteiger partial charge in [-0.05, 0) is 54.9 Å². The Balaban J connectivity index is 1.45. The molecule has 0 aliphatic heterocycles. The molecule has 0 heterocycles. The van der Waals surface area contributed by atoms with E-state index in [1.807, 2.05) is 36.4 Å². The Bertz CT molecular complexity index is 733. The van der Waals surface area contributed by atoms with E-state index in [1.165, 1.54) is 5.56 Å². The number of aryl methyl sites for hydroxylation is 1. The molecule has 26 heavy (non-hydrogen) atoms. The van der Waals surface area contributed by atoms with Crippen LogP contribution in [0.3, 0.4) is 0 Å². The van der Waals surface area contributed by atoms with Crippen LogP contribution in [-0.2, 0) is 12.8 Å². The van der Waals surface area contributed by atoms with Crippen LogP contribution in [0.4, 0.5) is 4.79 Å². The summed E-state index contributed by atoms with van der Waals surface area (Å²) in [6.07, 6.45) is 3.41. The third-order valence-electron chi connectivity index (χ3n) is 4.90. The Morgan fingerprint density at radius 2 is 1.96 bits per heavy atom. The number of phenols is 1. The van der Waals surface area contributed by atoms with Crippen molar-refractivity contribution in [3.63, 3.8) is 0 Å². The number of urea groups is 1. The van der Waals surface area contributed by atoms with Crippen molar-refractivity contribution < 1.29 is 15.0 Å². The van der Waals surface area contributed by atoms with Crippen LogP contribution < -0.4 is 10.6 Å². The quantitative estimate of drug-likeness (QED) is 0.643. The average molecular weight is 354 g/mol. The van der Waals surface area contributed by atoms with Crippen molar-refractivity contribution in [3.8, 4) is 5.75 Å². The smallest absolute Gasteiger partial charge is 0.315 e. The van der Waals surface area contributed by atoms with Gasteiger partial charge in [-0.25, -0.2) is 4.79 Å². The van der Waals surface area contributed by atoms with Gasteiger partial charge in [0.15, 0.2) is 0 Å². The molecule has 0 saturated carbocycles. The Morgan fingerprint density at radius 3 is 2.77 bits per heavy atom. The van der Waals surface area contributed by atoms with E-state index >= 15 is 0 Å². The fraction of sp³-hybridized carbons (Fsp3) is 0.381. The summed E-state index contributed by atoms with van der Waals surface area (Å²) in [7, 11) is 0. The molecule has 1 aliphatic carbocycles. The molecule has 2 unspecified atom stereocenters. The number of benzene rings is 2. The van der Waals surface area contributed by atoms with Gasteiger partial charge in [-0.3, -0.25) is 0 Å². The molecule has 4 N–H and O–H groups in total. The van der Waals surface area contributed by atoms with Crippen LogP contribution in [0, 0.1) is 0 Å². The fourth-order valence-corrected chi connectivity index (χ4v) is 3.48. The fourth-order valence-electron chi connectivity index (χ4n) is 3.48. The van der Waals surface area contributed by atoms with Gasteiger partial charge in [0.05, 0.1) is 12.1 Å². The molecule has 0 radical (unpaired) electrons. The van der Waals surface area contributed by atoms with E-state index in [1.54, 1.807) is 12.1 Å². The van der Waals surface area contributed by atoms with E-state index < -0.39 is 6.10 Å². The predicted octanol–water partition coefficient (Wildman–Crippen LogP) is 3.06. The highest BCUT2D eigenvalue weighted by atomic mass is 16.3. The molecule has 0 fully saturated rings. The first-order valence-corrected chi connectivity index (χ1v) is 9.20. The van der Waals surface area contributed by atoms with Gasteiger partial charge >= 0.3 is 6.03 Å². The summed E-state index contributed by atoms with van der Waals surface area (Å²) in [4.78, 5) is 12.2. The number of aliphatic hydroxyl groups is 1. The van der Waals surface area contributed by atoms with Crippen LogP contribution in [0.2, 0.25) is 0 Å². The van der Waals surface area contributed by atoms with Crippen molar-refractivity contribution in [3.05, 3.63) is 65.2 Å². The SMILES string of the molecule is O=C(NCC(O)CCc1ccccc1)NC1CCCc2c(O)cccc21. The lowest BCUT2D eigenvalue weighted by molar-refractivity contribution is 0.161. The molecule has 5 heteroatoms. The Labute approximate surface area is 154 Å². The van der Waals surface area contributed by atoms with Crippen LogP contribution in [0.1, 0.15) is 42.0 Å². The van der Waals surface area contributed by atoms with Crippen LogP contribution >= 0.6 is 0 Å². The van der Waals surface area contributed by atoms with Gasteiger partial charge in [0, 0.05) is 6.54 Å². The molecule has 5 nitrogen and oxygen atoms in total. The van der Waals surface area contributed by atoms with Crippen LogP contribution in [0.5, 0.6) is 5.75 Å². The monoisotopic (exact) mass is 354 g/mol. The maximum atomic E-state index is 12.2. The highest BCUT2D eigenvalue weighted by Gasteiger charge is 2.23. The summed E-state index contributed by atoms with van der Waals surface area (Å²) >= 11 is 0. The molecular formula is C21H26N2O3. The molecule has 1 aliphatic rings. The number of aliphatic hydroxyl groups excluding tert-OH is 1. The van der Waals surface area contributed by atoms with Gasteiger partial charge in [0.25, 0.3) is 0 Å². The number of carbonyl (C=O) groups excluding carboxylic acids is 1. The van der Waals surface area contributed by atoms with E-state index in [2.05, 4.69) is 10.6 Å². The van der Waals surface area contributed by atoms with Gasteiger partial charge in [-0.1, -0.05) is 42.5 Å². The van der Waals surface area contributed by atoms with Gasteiger partial charge in [-0.2, -0.15) is 0 Å². The molecule has 0 bridgehead atoms. The Morgan fingerprint density at radius 1 is 1.15 bits per heavy atom. The van der Waals surface area contributed by atoms with Crippen molar-refractivity contribution in [2.75, 3.05) is 6.54 Å². The number of amides is 2. The molecule has 2 aromatic carbocycles. The second-order valence-electron chi connectivity index (χ2n) is 6.82. The maximum absolute atomic E-state index is 12.2. The van der Waals surface area contributed by atoms with E-state index in [0.29, 0.717) is 12.2 Å². The Hall–Kier alpha value is -2.53. The summed E-state index contributed by atoms with van der Waals surface area (Å²) < 4.78 is 0. The van der Waals surface area contributed by atoms with Gasteiger partial charge in [0.2, 0.25) is 0 Å². The standard InChI is InChI=1S/C21H26N2O3/c24-16(13-12-15-6-2-1-3-7-15)14-22-21(26)23-19-10-4-9-18-17(19)8-5-11-20(18)25/h1-3,5-8,11,16,19,24-25H,4,9-10,12-14H2,(H2,22,23,26). The summed E-state index contributed by atoms with van der Waals surface area (Å²) in [5.41, 5.74) is 3.08. The third-order valence-corrected chi connectivity index (χ3v) is 4.90. The first-order valence-electron chi connectivity index (χ1n) is 9.20. The zero-order valence-electron chi connectivity index (χ0n) is 14.8. The highest BCUT2D eigenvalue weighted by Crippen LogP contribution is 2.34. The summed E-state index contributed by atoms with van der Waals surface area (Å²) in [5.74, 6) is 0.297. The first-order chi connectivity index (χ1) is 12.6. The predicted molar refractivity (Wildman–Crippen MR) is 101 cm³/mol. The van der Waals surface area contributed by atoms with E-state index in [9.17, 15) is 15.0 Å². The lowest BCUT2D eigenvalue weighted by Gasteiger charge is -2.27. The molecule has 138 valence electrons. The second-order valence-corrected chi connectivity index (χ2v) is 6.82. The lowest BCUT2D eigenvalue weighted by atomic mass is 9.87. The molecule has 2 amide bonds. The van der Waals surface area contributed by atoms with Crippen molar-refractivity contribution >= 4 is 6.03 Å². The normalized spacial score (nSPS) is 17.2. The first kappa shape index (κ1) is 18.3. The number of fused-ring (bicyclic) bond motifs is 1. The van der Waals surface area contributed by atoms with Gasteiger partial charge in [0.1, 0.15) is 5.75 Å². The van der Waals surface area contributed by atoms with E-state index in [0.717, 1.165) is 36.8 Å². The molecule has 3 rings (SSSR count). The number of hydrogen-bond donors (Lipinski definition) is 4. The molecule has 2 atom stereocenters. The number of aromatic hydroxyl groups is 1. The minimum atomic E-state index is -0.580. The number of hydrogen-bond acceptors (Lipinski definition) is 3. The van der Waals surface area contributed by atoms with Crippen LogP contribution in [0.25, 0.3) is 0 Å².